The highest BCUT2D eigenvalue weighted by atomic mass is 35.5. The van der Waals surface area contributed by atoms with Crippen LogP contribution < -0.4 is 0 Å². The van der Waals surface area contributed by atoms with Gasteiger partial charge in [0.25, 0.3) is 0 Å². The van der Waals surface area contributed by atoms with Gasteiger partial charge in [-0.25, -0.2) is 0 Å². The largest absolute Gasteiger partial charge is 0.131 e. The molecule has 0 fully saturated rings. The van der Waals surface area contributed by atoms with Gasteiger partial charge in [0.15, 0.2) is 0 Å². The number of rotatable bonds is 5. The Morgan fingerprint density at radius 1 is 1.11 bits per heavy atom. The standard InChI is InChI=1S/C7H17ClSi/c1-3-5-9(7-8)6-4-2/h9H,3-7H2,1-2H3. The van der Waals surface area contributed by atoms with Crippen LogP contribution in [0.15, 0.2) is 0 Å². The number of hydrogen-bond acceptors (Lipinski definition) is 0. The summed E-state index contributed by atoms with van der Waals surface area (Å²) in [5.74, 6) is 0. The minimum absolute atomic E-state index is 0.448. The fraction of sp³-hybridized carbons (Fsp3) is 1.00. The molecule has 0 aliphatic heterocycles. The molecule has 0 aromatic heterocycles. The molecule has 0 N–H and O–H groups in total. The van der Waals surface area contributed by atoms with Crippen molar-refractivity contribution in [3.63, 3.8) is 0 Å². The van der Waals surface area contributed by atoms with Gasteiger partial charge in [0, 0.05) is 5.50 Å². The van der Waals surface area contributed by atoms with E-state index in [4.69, 9.17) is 11.6 Å². The van der Waals surface area contributed by atoms with Crippen LogP contribution in [0.2, 0.25) is 12.1 Å². The molecule has 0 aromatic rings. The van der Waals surface area contributed by atoms with Crippen LogP contribution in [-0.2, 0) is 0 Å². The average Bonchev–Trinajstić information content (AvgIpc) is 1.88. The molecule has 0 unspecified atom stereocenters. The van der Waals surface area contributed by atoms with E-state index in [2.05, 4.69) is 13.8 Å². The predicted molar refractivity (Wildman–Crippen MR) is 48.1 cm³/mol. The lowest BCUT2D eigenvalue weighted by atomic mass is 10.6. The number of hydrogen-bond donors (Lipinski definition) is 0. The molecule has 0 rings (SSSR count). The molecule has 0 aromatic carbocycles. The first-order chi connectivity index (χ1) is 4.35. The topological polar surface area (TPSA) is 0 Å². The number of halogens is 1. The lowest BCUT2D eigenvalue weighted by Gasteiger charge is -2.07. The summed E-state index contributed by atoms with van der Waals surface area (Å²) >= 11 is 5.79. The Balaban J connectivity index is 3.18. The molecular formula is C7H17ClSi. The van der Waals surface area contributed by atoms with Crippen molar-refractivity contribution in [2.24, 2.45) is 0 Å². The normalized spacial score (nSPS) is 10.7. The van der Waals surface area contributed by atoms with Gasteiger partial charge in [-0.2, -0.15) is 0 Å². The van der Waals surface area contributed by atoms with Crippen molar-refractivity contribution in [2.75, 3.05) is 5.50 Å². The van der Waals surface area contributed by atoms with Crippen molar-refractivity contribution in [1.82, 2.24) is 0 Å². The minimum Gasteiger partial charge on any atom is -0.131 e. The Morgan fingerprint density at radius 3 is 1.78 bits per heavy atom. The zero-order valence-corrected chi connectivity index (χ0v) is 8.40. The molecule has 0 aliphatic rings. The van der Waals surface area contributed by atoms with Crippen LogP contribution in [0.25, 0.3) is 0 Å². The SMILES string of the molecule is CCC[SiH](CCl)CCC. The lowest BCUT2D eigenvalue weighted by Crippen LogP contribution is -2.13. The smallest absolute Gasteiger partial charge is 0.0540 e. The molecule has 0 saturated carbocycles. The zero-order valence-electron chi connectivity index (χ0n) is 6.49. The van der Waals surface area contributed by atoms with E-state index >= 15 is 0 Å². The van der Waals surface area contributed by atoms with Gasteiger partial charge in [0.2, 0.25) is 0 Å². The van der Waals surface area contributed by atoms with Crippen LogP contribution in [0.3, 0.4) is 0 Å². The molecule has 56 valence electrons. The molecule has 2 heteroatoms. The average molecular weight is 165 g/mol. The van der Waals surface area contributed by atoms with Crippen molar-refractivity contribution in [3.8, 4) is 0 Å². The molecule has 0 bridgehead atoms. The van der Waals surface area contributed by atoms with E-state index in [0.29, 0.717) is 0 Å². The molecular weight excluding hydrogens is 148 g/mol. The van der Waals surface area contributed by atoms with Crippen LogP contribution in [0.4, 0.5) is 0 Å². The van der Waals surface area contributed by atoms with Crippen LogP contribution in [0.1, 0.15) is 26.7 Å². The van der Waals surface area contributed by atoms with Crippen molar-refractivity contribution in [3.05, 3.63) is 0 Å². The van der Waals surface area contributed by atoms with Crippen LogP contribution in [0.5, 0.6) is 0 Å². The summed E-state index contributed by atoms with van der Waals surface area (Å²) in [6.07, 6.45) is 2.67. The molecule has 0 amide bonds. The molecule has 0 aliphatic carbocycles. The third-order valence-corrected chi connectivity index (χ3v) is 6.15. The molecule has 0 spiro atoms. The van der Waals surface area contributed by atoms with Crippen molar-refractivity contribution in [1.29, 1.82) is 0 Å². The first kappa shape index (κ1) is 9.51. The van der Waals surface area contributed by atoms with Crippen molar-refractivity contribution >= 4 is 20.4 Å². The second-order valence-corrected chi connectivity index (χ2v) is 6.72. The fourth-order valence-corrected chi connectivity index (χ4v) is 4.27. The van der Waals surface area contributed by atoms with E-state index in [-0.39, 0.29) is 0 Å². The van der Waals surface area contributed by atoms with Gasteiger partial charge in [-0.3, -0.25) is 0 Å². The van der Waals surface area contributed by atoms with Crippen LogP contribution >= 0.6 is 11.6 Å². The molecule has 9 heavy (non-hydrogen) atoms. The molecule has 0 atom stereocenters. The highest BCUT2D eigenvalue weighted by Gasteiger charge is 2.04. The predicted octanol–water partition coefficient (Wildman–Crippen LogP) is 2.81. The monoisotopic (exact) mass is 164 g/mol. The zero-order chi connectivity index (χ0) is 7.11. The van der Waals surface area contributed by atoms with Crippen LogP contribution in [0, 0.1) is 0 Å². The number of alkyl halides is 1. The summed E-state index contributed by atoms with van der Waals surface area (Å²) in [7, 11) is -0.448. The van der Waals surface area contributed by atoms with Gasteiger partial charge < -0.3 is 0 Å². The first-order valence-corrected chi connectivity index (χ1v) is 6.89. The third kappa shape index (κ3) is 4.98. The Kier molecular flexibility index (Phi) is 7.00. The maximum Gasteiger partial charge on any atom is 0.0540 e. The molecule has 0 heterocycles. The van der Waals surface area contributed by atoms with E-state index in [0.717, 1.165) is 5.50 Å². The summed E-state index contributed by atoms with van der Waals surface area (Å²) in [4.78, 5) is 0. The first-order valence-electron chi connectivity index (χ1n) is 3.91. The second kappa shape index (κ2) is 6.62. The highest BCUT2D eigenvalue weighted by molar-refractivity contribution is 6.67. The second-order valence-electron chi connectivity index (χ2n) is 2.60. The molecule has 0 radical (unpaired) electrons. The Bertz CT molecular complexity index is 50.9. The van der Waals surface area contributed by atoms with E-state index in [1.165, 1.54) is 24.9 Å². The molecule has 0 saturated heterocycles. The van der Waals surface area contributed by atoms with Gasteiger partial charge in [-0.1, -0.05) is 38.8 Å². The maximum atomic E-state index is 5.79. The van der Waals surface area contributed by atoms with E-state index in [1.807, 2.05) is 0 Å². The quantitative estimate of drug-likeness (QED) is 0.433. The highest BCUT2D eigenvalue weighted by Crippen LogP contribution is 2.06. The maximum absolute atomic E-state index is 5.79. The lowest BCUT2D eigenvalue weighted by molar-refractivity contribution is 1.00. The Morgan fingerprint density at radius 2 is 1.56 bits per heavy atom. The third-order valence-electron chi connectivity index (χ3n) is 1.61. The minimum atomic E-state index is -0.448. The van der Waals surface area contributed by atoms with Gasteiger partial charge in [0.1, 0.15) is 0 Å². The van der Waals surface area contributed by atoms with Gasteiger partial charge in [-0.15, -0.1) is 11.6 Å². The summed E-state index contributed by atoms with van der Waals surface area (Å²) < 4.78 is 0. The van der Waals surface area contributed by atoms with Crippen molar-refractivity contribution < 1.29 is 0 Å². The fourth-order valence-electron chi connectivity index (χ4n) is 1.12. The molecule has 0 nitrogen and oxygen atoms in total. The summed E-state index contributed by atoms with van der Waals surface area (Å²) in [6, 6.07) is 2.88. The Hall–Kier alpha value is 0.507. The van der Waals surface area contributed by atoms with E-state index in [1.54, 1.807) is 0 Å². The van der Waals surface area contributed by atoms with Crippen molar-refractivity contribution in [2.45, 2.75) is 38.8 Å². The summed E-state index contributed by atoms with van der Waals surface area (Å²) in [5.41, 5.74) is 0.988. The van der Waals surface area contributed by atoms with E-state index < -0.39 is 8.80 Å². The van der Waals surface area contributed by atoms with Gasteiger partial charge >= 0.3 is 0 Å². The van der Waals surface area contributed by atoms with E-state index in [9.17, 15) is 0 Å². The van der Waals surface area contributed by atoms with Gasteiger partial charge in [0.05, 0.1) is 8.80 Å². The summed E-state index contributed by atoms with van der Waals surface area (Å²) in [6.45, 7) is 4.50. The summed E-state index contributed by atoms with van der Waals surface area (Å²) in [5, 5.41) is 0. The van der Waals surface area contributed by atoms with Gasteiger partial charge in [-0.05, 0) is 0 Å². The van der Waals surface area contributed by atoms with Crippen LogP contribution in [-0.4, -0.2) is 14.3 Å². The Labute approximate surface area is 65.2 Å².